The van der Waals surface area contributed by atoms with E-state index >= 15 is 0 Å². The summed E-state index contributed by atoms with van der Waals surface area (Å²) in [7, 11) is 0. The topological polar surface area (TPSA) is 74.6 Å². The minimum atomic E-state index is -0.389. The second-order valence-corrected chi connectivity index (χ2v) is 3.90. The van der Waals surface area contributed by atoms with E-state index in [4.69, 9.17) is 5.21 Å². The lowest BCUT2D eigenvalue weighted by atomic mass is 10.0. The number of rotatable bonds is 1. The first-order chi connectivity index (χ1) is 8.79. The molecule has 1 aliphatic heterocycles. The number of carbonyl (C=O) groups excluding carboxylic acids is 1. The van der Waals surface area contributed by atoms with Crippen molar-refractivity contribution in [2.75, 3.05) is 5.32 Å². The van der Waals surface area contributed by atoms with Crippen LogP contribution >= 0.6 is 12.4 Å². The number of nitrogens with one attached hydrogen (secondary N) is 1. The second kappa shape index (κ2) is 5.07. The first-order valence-corrected chi connectivity index (χ1v) is 5.38. The number of fused-ring (bicyclic) bond motifs is 1. The summed E-state index contributed by atoms with van der Waals surface area (Å²) in [5.41, 5.74) is 3.24. The third-order valence-corrected chi connectivity index (χ3v) is 2.85. The van der Waals surface area contributed by atoms with Gasteiger partial charge < -0.3 is 10.5 Å². The van der Waals surface area contributed by atoms with Gasteiger partial charge in [0, 0.05) is 18.0 Å². The minimum Gasteiger partial charge on any atom is -0.410 e. The molecule has 0 unspecified atom stereocenters. The van der Waals surface area contributed by atoms with Gasteiger partial charge in [0.25, 0.3) is 5.91 Å². The summed E-state index contributed by atoms with van der Waals surface area (Å²) < 4.78 is 0. The predicted molar refractivity (Wildman–Crippen MR) is 73.9 cm³/mol. The fraction of sp³-hybridized carbons (Fsp3) is 0. The highest BCUT2D eigenvalue weighted by molar-refractivity contribution is 6.53. The van der Waals surface area contributed by atoms with E-state index < -0.39 is 0 Å². The standard InChI is InChI=1S/C13H9N3O2.ClH/c17-13-12(16-18)10-7-9(1-2-11(10)15-13)8-3-5-14-6-4-8;/h1-7,18H,(H,15,16,17);1H. The van der Waals surface area contributed by atoms with Crippen LogP contribution in [0.5, 0.6) is 0 Å². The van der Waals surface area contributed by atoms with Crippen molar-refractivity contribution in [2.24, 2.45) is 5.16 Å². The lowest BCUT2D eigenvalue weighted by Gasteiger charge is -2.03. The van der Waals surface area contributed by atoms with Crippen LogP contribution in [0.4, 0.5) is 5.69 Å². The maximum Gasteiger partial charge on any atom is 0.278 e. The van der Waals surface area contributed by atoms with Crippen LogP contribution in [-0.2, 0) is 4.79 Å². The number of oxime groups is 1. The highest BCUT2D eigenvalue weighted by atomic mass is 35.5. The van der Waals surface area contributed by atoms with Crippen LogP contribution in [0.3, 0.4) is 0 Å². The molecular weight excluding hydrogens is 266 g/mol. The quantitative estimate of drug-likeness (QED) is 0.619. The number of hydrogen-bond acceptors (Lipinski definition) is 4. The van der Waals surface area contributed by atoms with E-state index in [1.807, 2.05) is 24.3 Å². The third kappa shape index (κ3) is 2.15. The monoisotopic (exact) mass is 275 g/mol. The second-order valence-electron chi connectivity index (χ2n) is 3.90. The van der Waals surface area contributed by atoms with Gasteiger partial charge in [-0.1, -0.05) is 11.2 Å². The maximum absolute atomic E-state index is 11.5. The van der Waals surface area contributed by atoms with Gasteiger partial charge in [0.05, 0.1) is 5.69 Å². The number of halogens is 1. The van der Waals surface area contributed by atoms with Gasteiger partial charge in [0.1, 0.15) is 0 Å². The summed E-state index contributed by atoms with van der Waals surface area (Å²) in [6, 6.07) is 9.26. The highest BCUT2D eigenvalue weighted by Gasteiger charge is 2.26. The van der Waals surface area contributed by atoms with E-state index in [9.17, 15) is 4.79 Å². The molecule has 0 saturated carbocycles. The molecule has 3 rings (SSSR count). The molecule has 0 saturated heterocycles. The van der Waals surface area contributed by atoms with Gasteiger partial charge in [-0.3, -0.25) is 9.78 Å². The summed E-state index contributed by atoms with van der Waals surface area (Å²) in [6.07, 6.45) is 3.40. The van der Waals surface area contributed by atoms with E-state index in [1.54, 1.807) is 18.5 Å². The summed E-state index contributed by atoms with van der Waals surface area (Å²) in [5, 5.41) is 14.5. The van der Waals surface area contributed by atoms with Crippen LogP contribution in [-0.4, -0.2) is 21.8 Å². The predicted octanol–water partition coefficient (Wildman–Crippen LogP) is 2.30. The number of amides is 1. The molecule has 0 bridgehead atoms. The SMILES string of the molecule is Cl.O=C1Nc2ccc(-c3ccncc3)cc2/C1=N/O. The van der Waals surface area contributed by atoms with Gasteiger partial charge in [-0.05, 0) is 35.4 Å². The number of anilines is 1. The van der Waals surface area contributed by atoms with Gasteiger partial charge in [0.15, 0.2) is 5.71 Å². The Morgan fingerprint density at radius 2 is 1.84 bits per heavy atom. The Bertz CT molecular complexity index is 656. The Morgan fingerprint density at radius 1 is 1.11 bits per heavy atom. The summed E-state index contributed by atoms with van der Waals surface area (Å²) >= 11 is 0. The van der Waals surface area contributed by atoms with Gasteiger partial charge in [0.2, 0.25) is 0 Å². The molecule has 2 heterocycles. The Balaban J connectivity index is 0.00000133. The van der Waals surface area contributed by atoms with Crippen molar-refractivity contribution in [1.82, 2.24) is 4.98 Å². The molecule has 1 aliphatic rings. The van der Waals surface area contributed by atoms with Gasteiger partial charge in [-0.25, -0.2) is 0 Å². The number of aromatic nitrogens is 1. The number of hydrogen-bond donors (Lipinski definition) is 2. The highest BCUT2D eigenvalue weighted by Crippen LogP contribution is 2.29. The zero-order valence-corrected chi connectivity index (χ0v) is 10.5. The molecule has 1 aromatic carbocycles. The van der Waals surface area contributed by atoms with Gasteiger partial charge >= 0.3 is 0 Å². The van der Waals surface area contributed by atoms with Crippen LogP contribution in [0.2, 0.25) is 0 Å². The van der Waals surface area contributed by atoms with Crippen molar-refractivity contribution in [3.05, 3.63) is 48.3 Å². The Labute approximate surface area is 115 Å². The van der Waals surface area contributed by atoms with Crippen molar-refractivity contribution in [2.45, 2.75) is 0 Å². The van der Waals surface area contributed by atoms with Crippen molar-refractivity contribution < 1.29 is 10.0 Å². The van der Waals surface area contributed by atoms with E-state index in [0.717, 1.165) is 11.1 Å². The Kier molecular flexibility index (Phi) is 3.48. The molecule has 0 atom stereocenters. The van der Waals surface area contributed by atoms with Crippen molar-refractivity contribution >= 4 is 29.7 Å². The molecule has 2 aromatic rings. The minimum absolute atomic E-state index is 0. The van der Waals surface area contributed by atoms with Crippen LogP contribution in [0.15, 0.2) is 47.9 Å². The van der Waals surface area contributed by atoms with Crippen molar-refractivity contribution in [1.29, 1.82) is 0 Å². The maximum atomic E-state index is 11.5. The van der Waals surface area contributed by atoms with Gasteiger partial charge in [-0.15, -0.1) is 12.4 Å². The lowest BCUT2D eigenvalue weighted by Crippen LogP contribution is -2.13. The Morgan fingerprint density at radius 3 is 2.53 bits per heavy atom. The molecule has 6 heteroatoms. The molecule has 1 aromatic heterocycles. The van der Waals surface area contributed by atoms with E-state index in [1.165, 1.54) is 0 Å². The Hall–Kier alpha value is -2.40. The molecular formula is C13H10ClN3O2. The molecule has 0 fully saturated rings. The third-order valence-electron chi connectivity index (χ3n) is 2.85. The zero-order valence-electron chi connectivity index (χ0n) is 9.70. The number of carbonyl (C=O) groups is 1. The van der Waals surface area contributed by atoms with Crippen molar-refractivity contribution in [3.8, 4) is 11.1 Å². The zero-order chi connectivity index (χ0) is 12.5. The molecule has 0 radical (unpaired) electrons. The average molecular weight is 276 g/mol. The van der Waals surface area contributed by atoms with Crippen LogP contribution in [0.1, 0.15) is 5.56 Å². The number of nitrogens with zero attached hydrogens (tertiary/aromatic N) is 2. The van der Waals surface area contributed by atoms with Crippen molar-refractivity contribution in [3.63, 3.8) is 0 Å². The molecule has 2 N–H and O–H groups in total. The van der Waals surface area contributed by atoms with Crippen LogP contribution in [0, 0.1) is 0 Å². The normalized spacial score (nSPS) is 14.7. The number of pyridine rings is 1. The van der Waals surface area contributed by atoms with Crippen LogP contribution in [0.25, 0.3) is 11.1 Å². The molecule has 96 valence electrons. The molecule has 0 aliphatic carbocycles. The first kappa shape index (κ1) is 13.0. The first-order valence-electron chi connectivity index (χ1n) is 5.38. The molecule has 0 spiro atoms. The average Bonchev–Trinajstić information content (AvgIpc) is 2.74. The molecule has 1 amide bonds. The fourth-order valence-corrected chi connectivity index (χ4v) is 1.98. The molecule has 19 heavy (non-hydrogen) atoms. The van der Waals surface area contributed by atoms with Gasteiger partial charge in [-0.2, -0.15) is 0 Å². The van der Waals surface area contributed by atoms with Crippen LogP contribution < -0.4 is 5.32 Å². The van der Waals surface area contributed by atoms with E-state index in [2.05, 4.69) is 15.5 Å². The largest absolute Gasteiger partial charge is 0.410 e. The smallest absolute Gasteiger partial charge is 0.278 e. The molecule has 5 nitrogen and oxygen atoms in total. The lowest BCUT2D eigenvalue weighted by molar-refractivity contribution is -0.110. The fourth-order valence-electron chi connectivity index (χ4n) is 1.98. The van der Waals surface area contributed by atoms with E-state index in [0.29, 0.717) is 11.3 Å². The van der Waals surface area contributed by atoms with E-state index in [-0.39, 0.29) is 24.0 Å². The summed E-state index contributed by atoms with van der Waals surface area (Å²) in [5.74, 6) is -0.389. The summed E-state index contributed by atoms with van der Waals surface area (Å²) in [6.45, 7) is 0. The number of benzene rings is 1. The summed E-state index contributed by atoms with van der Waals surface area (Å²) in [4.78, 5) is 15.5.